The first kappa shape index (κ1) is 13.4. The van der Waals surface area contributed by atoms with Crippen molar-refractivity contribution < 1.29 is 0 Å². The molecule has 7 heteroatoms. The zero-order chi connectivity index (χ0) is 8.58. The molecular weight excluding hydrogens is 595 g/mol. The minimum atomic E-state index is -0.344. The van der Waals surface area contributed by atoms with Gasteiger partial charge < -0.3 is 0 Å². The van der Waals surface area contributed by atoms with Crippen LogP contribution in [0.2, 0.25) is 0 Å². The van der Waals surface area contributed by atoms with Crippen LogP contribution in [0.5, 0.6) is 0 Å². The Morgan fingerprint density at radius 1 is 0.700 bits per heavy atom. The van der Waals surface area contributed by atoms with E-state index in [2.05, 4.69) is 112 Å². The summed E-state index contributed by atoms with van der Waals surface area (Å²) in [6, 6.07) is 0. The van der Waals surface area contributed by atoms with Gasteiger partial charge in [-0.1, -0.05) is 112 Å². The summed E-state index contributed by atoms with van der Waals surface area (Å²) in [5.41, 5.74) is 0. The molecule has 0 amide bonds. The molecule has 0 radical (unpaired) electrons. The van der Waals surface area contributed by atoms with Gasteiger partial charge in [0.1, 0.15) is 4.29 Å². The average Bonchev–Trinajstić information content (AvgIpc) is 1.59. The van der Waals surface area contributed by atoms with Crippen LogP contribution < -0.4 is 0 Å². The second-order valence-electron chi connectivity index (χ2n) is 1.45. The summed E-state index contributed by atoms with van der Waals surface area (Å²) in [5.74, 6) is 0. The molecule has 0 nitrogen and oxygen atoms in total. The van der Waals surface area contributed by atoms with Crippen molar-refractivity contribution in [2.45, 2.75) is 9.11 Å². The molecule has 0 aromatic heterocycles. The SMILES string of the molecule is BrC(C(Br)(Br)Br)C(Br)(Br)Br. The Balaban J connectivity index is 4.23. The molecule has 0 aromatic carbocycles. The Hall–Kier alpha value is 3.36. The van der Waals surface area contributed by atoms with Gasteiger partial charge >= 0.3 is 0 Å². The normalized spacial score (nSPS) is 14.4. The van der Waals surface area contributed by atoms with Crippen LogP contribution in [-0.4, -0.2) is 9.11 Å². The molecule has 0 saturated carbocycles. The predicted octanol–water partition coefficient (Wildman–Crippen LogP) is 5.43. The van der Waals surface area contributed by atoms with Crippen molar-refractivity contribution in [2.75, 3.05) is 0 Å². The third-order valence-corrected chi connectivity index (χ3v) is 8.38. The van der Waals surface area contributed by atoms with Crippen LogP contribution in [0.3, 0.4) is 0 Å². The highest BCUT2D eigenvalue weighted by atomic mass is 80.0. The minimum Gasteiger partial charge on any atom is -0.0822 e. The third-order valence-electron chi connectivity index (χ3n) is 0.575. The molecule has 0 aliphatic carbocycles. The summed E-state index contributed by atoms with van der Waals surface area (Å²) in [6.45, 7) is 0. The van der Waals surface area contributed by atoms with Gasteiger partial charge in [-0.2, -0.15) is 0 Å². The second-order valence-corrected chi connectivity index (χ2v) is 16.3. The molecule has 0 aromatic rings. The quantitative estimate of drug-likeness (QED) is 0.328. The standard InChI is InChI=1S/C3HBr7/c4-1(2(5,6)7)3(8,9)10/h1H. The molecule has 0 atom stereocenters. The molecule has 0 bridgehead atoms. The predicted molar refractivity (Wildman–Crippen MR) is 71.7 cm³/mol. The van der Waals surface area contributed by atoms with Crippen LogP contribution in [0.25, 0.3) is 0 Å². The van der Waals surface area contributed by atoms with Crippen molar-refractivity contribution in [3.63, 3.8) is 0 Å². The summed E-state index contributed by atoms with van der Waals surface area (Å²) in [7, 11) is 0. The molecule has 0 rings (SSSR count). The third kappa shape index (κ3) is 5.17. The molecule has 0 heterocycles. The molecular formula is C3HBr7. The Morgan fingerprint density at radius 2 is 0.900 bits per heavy atom. The molecule has 0 N–H and O–H groups in total. The van der Waals surface area contributed by atoms with Gasteiger partial charge in [0, 0.05) is 0 Å². The Morgan fingerprint density at radius 3 is 0.900 bits per heavy atom. The first-order chi connectivity index (χ1) is 4.15. The maximum atomic E-state index is 3.44. The van der Waals surface area contributed by atoms with Crippen molar-refractivity contribution in [1.82, 2.24) is 0 Å². The van der Waals surface area contributed by atoms with E-state index in [1.165, 1.54) is 0 Å². The van der Waals surface area contributed by atoms with E-state index in [9.17, 15) is 0 Å². The first-order valence-electron chi connectivity index (χ1n) is 1.93. The molecule has 0 unspecified atom stereocenters. The van der Waals surface area contributed by atoms with Gasteiger partial charge in [0.25, 0.3) is 0 Å². The highest BCUT2D eigenvalue weighted by molar-refractivity contribution is 9.41. The lowest BCUT2D eigenvalue weighted by atomic mass is 10.6. The van der Waals surface area contributed by atoms with E-state index in [0.29, 0.717) is 0 Å². The smallest absolute Gasteiger partial charge is 0.0822 e. The molecule has 62 valence electrons. The summed E-state index contributed by atoms with van der Waals surface area (Å²) in [5, 5.41) is 0. The molecule has 0 saturated heterocycles. The van der Waals surface area contributed by atoms with Gasteiger partial charge in [0.15, 0.2) is 0 Å². The van der Waals surface area contributed by atoms with Crippen molar-refractivity contribution in [1.29, 1.82) is 0 Å². The van der Waals surface area contributed by atoms with Crippen LogP contribution in [0.1, 0.15) is 0 Å². The van der Waals surface area contributed by atoms with Gasteiger partial charge in [-0.25, -0.2) is 0 Å². The highest BCUT2D eigenvalue weighted by Gasteiger charge is 2.41. The largest absolute Gasteiger partial charge is 0.150 e. The van der Waals surface area contributed by atoms with E-state index in [1.54, 1.807) is 0 Å². The molecule has 0 aliphatic heterocycles. The number of rotatable bonds is 0. The summed E-state index contributed by atoms with van der Waals surface area (Å²) >= 11 is 23.7. The minimum absolute atomic E-state index is 0.0764. The zero-order valence-electron chi connectivity index (χ0n) is 4.22. The van der Waals surface area contributed by atoms with Gasteiger partial charge in [-0.3, -0.25) is 0 Å². The molecule has 10 heavy (non-hydrogen) atoms. The summed E-state index contributed by atoms with van der Waals surface area (Å²) in [6.07, 6.45) is 0. The van der Waals surface area contributed by atoms with Crippen LogP contribution in [0, 0.1) is 0 Å². The van der Waals surface area contributed by atoms with E-state index in [-0.39, 0.29) is 9.11 Å². The van der Waals surface area contributed by atoms with Crippen LogP contribution in [0.4, 0.5) is 0 Å². The number of halogens is 7. The van der Waals surface area contributed by atoms with Crippen molar-refractivity contribution in [3.05, 3.63) is 0 Å². The van der Waals surface area contributed by atoms with Crippen molar-refractivity contribution >= 4 is 112 Å². The van der Waals surface area contributed by atoms with E-state index >= 15 is 0 Å². The topological polar surface area (TPSA) is 0 Å². The van der Waals surface area contributed by atoms with Crippen LogP contribution >= 0.6 is 112 Å². The number of alkyl halides is 7. The monoisotopic (exact) mass is 589 g/mol. The Labute approximate surface area is 119 Å². The van der Waals surface area contributed by atoms with Gasteiger partial charge in [-0.15, -0.1) is 0 Å². The number of hydrogen-bond donors (Lipinski definition) is 0. The second kappa shape index (κ2) is 4.73. The fourth-order valence-corrected chi connectivity index (χ4v) is 5.01. The summed E-state index contributed by atoms with van der Waals surface area (Å²) < 4.78 is -0.688. The lowest BCUT2D eigenvalue weighted by molar-refractivity contribution is 1.06. The maximum absolute atomic E-state index is 3.44. The van der Waals surface area contributed by atoms with Gasteiger partial charge in [0.2, 0.25) is 0 Å². The molecule has 0 spiro atoms. The Bertz CT molecular complexity index is 93.0. The van der Waals surface area contributed by atoms with E-state index in [1.807, 2.05) is 0 Å². The van der Waals surface area contributed by atoms with Crippen LogP contribution in [0.15, 0.2) is 0 Å². The van der Waals surface area contributed by atoms with Gasteiger partial charge in [0.05, 0.1) is 4.83 Å². The fraction of sp³-hybridized carbons (Fsp3) is 1.00. The fourth-order valence-electron chi connectivity index (χ4n) is 0.186. The Kier molecular flexibility index (Phi) is 6.32. The lowest BCUT2D eigenvalue weighted by Crippen LogP contribution is -2.29. The first-order valence-corrected chi connectivity index (χ1v) is 7.60. The van der Waals surface area contributed by atoms with Crippen molar-refractivity contribution in [2.24, 2.45) is 0 Å². The summed E-state index contributed by atoms with van der Waals surface area (Å²) in [4.78, 5) is 0.0764. The van der Waals surface area contributed by atoms with E-state index in [4.69, 9.17) is 0 Å². The average molecular weight is 596 g/mol. The van der Waals surface area contributed by atoms with E-state index < -0.39 is 0 Å². The lowest BCUT2D eigenvalue weighted by Gasteiger charge is -2.26. The maximum Gasteiger partial charge on any atom is 0.150 e. The van der Waals surface area contributed by atoms with Crippen molar-refractivity contribution in [3.8, 4) is 0 Å². The zero-order valence-corrected chi connectivity index (χ0v) is 15.3. The molecule has 0 aliphatic rings. The number of hydrogen-bond acceptors (Lipinski definition) is 0. The van der Waals surface area contributed by atoms with Crippen LogP contribution in [-0.2, 0) is 0 Å². The molecule has 0 fully saturated rings. The van der Waals surface area contributed by atoms with E-state index in [0.717, 1.165) is 0 Å². The van der Waals surface area contributed by atoms with Gasteiger partial charge in [-0.05, 0) is 0 Å². The highest BCUT2D eigenvalue weighted by Crippen LogP contribution is 2.53.